The fourth-order valence-electron chi connectivity index (χ4n) is 4.61. The Hall–Kier alpha value is 0.860. The molecule has 0 bridgehead atoms. The fourth-order valence-corrected chi connectivity index (χ4v) is 6.09. The molecule has 0 fully saturated rings. The predicted octanol–water partition coefficient (Wildman–Crippen LogP) is 9.17. The van der Waals surface area contributed by atoms with E-state index in [9.17, 15) is 0 Å². The van der Waals surface area contributed by atoms with Gasteiger partial charge in [0.25, 0.3) is 0 Å². The monoisotopic (exact) mass is 402 g/mol. The van der Waals surface area contributed by atoms with Crippen LogP contribution in [0.1, 0.15) is 137 Å². The van der Waals surface area contributed by atoms with E-state index in [1.807, 2.05) is 0 Å². The topological polar surface area (TPSA) is 0 Å². The number of hydrogen-bond acceptors (Lipinski definition) is 0. The standard InChI is InChI=1S/C24H52P2/c1-6-11-16-23(25,17-12-7-2)20-22(15-10-5)21-24(26,18-13-8-3)19-14-9-4/h22H,6-21,25-26H2,1-5H3. The maximum absolute atomic E-state index is 3.35. The summed E-state index contributed by atoms with van der Waals surface area (Å²) in [5, 5.41) is 0.986. The first-order valence-corrected chi connectivity index (χ1v) is 13.1. The SMILES string of the molecule is CCCCC(P)(CCCC)CC(CCC)CC(P)(CCCC)CCCC. The van der Waals surface area contributed by atoms with Gasteiger partial charge in [0.05, 0.1) is 0 Å². The molecular weight excluding hydrogens is 350 g/mol. The fraction of sp³-hybridized carbons (Fsp3) is 1.00. The van der Waals surface area contributed by atoms with Crippen LogP contribution in [0.2, 0.25) is 0 Å². The van der Waals surface area contributed by atoms with E-state index in [-0.39, 0.29) is 0 Å². The van der Waals surface area contributed by atoms with Crippen LogP contribution >= 0.6 is 18.5 Å². The maximum atomic E-state index is 3.35. The molecule has 26 heavy (non-hydrogen) atoms. The van der Waals surface area contributed by atoms with Gasteiger partial charge >= 0.3 is 0 Å². The quantitative estimate of drug-likeness (QED) is 0.200. The Morgan fingerprint density at radius 1 is 0.538 bits per heavy atom. The zero-order valence-electron chi connectivity index (χ0n) is 19.0. The molecule has 0 radical (unpaired) electrons. The van der Waals surface area contributed by atoms with Gasteiger partial charge in [-0.25, -0.2) is 0 Å². The average molecular weight is 403 g/mol. The van der Waals surface area contributed by atoms with E-state index in [1.165, 1.54) is 103 Å². The van der Waals surface area contributed by atoms with Crippen LogP contribution in [0.3, 0.4) is 0 Å². The normalized spacial score (nSPS) is 12.9. The summed E-state index contributed by atoms with van der Waals surface area (Å²) in [7, 11) is 6.70. The summed E-state index contributed by atoms with van der Waals surface area (Å²) in [5.41, 5.74) is 0. The minimum absolute atomic E-state index is 0.493. The van der Waals surface area contributed by atoms with Gasteiger partial charge in [-0.3, -0.25) is 0 Å². The van der Waals surface area contributed by atoms with E-state index in [4.69, 9.17) is 0 Å². The average Bonchev–Trinajstić information content (AvgIpc) is 2.62. The molecule has 158 valence electrons. The van der Waals surface area contributed by atoms with E-state index in [1.54, 1.807) is 0 Å². The van der Waals surface area contributed by atoms with Crippen LogP contribution < -0.4 is 0 Å². The molecule has 0 aliphatic carbocycles. The molecule has 0 rings (SSSR count). The molecule has 2 heteroatoms. The highest BCUT2D eigenvalue weighted by molar-refractivity contribution is 7.19. The molecule has 0 aromatic heterocycles. The largest absolute Gasteiger partial charge is 0.131 e. The zero-order valence-corrected chi connectivity index (χ0v) is 21.4. The predicted molar refractivity (Wildman–Crippen MR) is 131 cm³/mol. The molecule has 0 spiro atoms. The third kappa shape index (κ3) is 12.3. The van der Waals surface area contributed by atoms with Crippen LogP contribution in [0, 0.1) is 5.92 Å². The van der Waals surface area contributed by atoms with Crippen molar-refractivity contribution in [2.24, 2.45) is 5.92 Å². The zero-order chi connectivity index (χ0) is 19.9. The third-order valence-corrected chi connectivity index (χ3v) is 7.83. The van der Waals surface area contributed by atoms with E-state index in [0.29, 0.717) is 10.3 Å². The highest BCUT2D eigenvalue weighted by atomic mass is 31.0. The minimum Gasteiger partial charge on any atom is -0.131 e. The molecule has 0 heterocycles. The number of unbranched alkanes of at least 4 members (excludes halogenated alkanes) is 4. The molecule has 2 unspecified atom stereocenters. The van der Waals surface area contributed by atoms with Crippen molar-refractivity contribution in [2.75, 3.05) is 0 Å². The molecule has 0 aliphatic rings. The molecule has 0 saturated heterocycles. The number of hydrogen-bond donors (Lipinski definition) is 0. The molecule has 0 amide bonds. The van der Waals surface area contributed by atoms with Gasteiger partial charge in [0.1, 0.15) is 0 Å². The van der Waals surface area contributed by atoms with Gasteiger partial charge in [-0.2, -0.15) is 0 Å². The van der Waals surface area contributed by atoms with Crippen LogP contribution in [0.4, 0.5) is 0 Å². The summed E-state index contributed by atoms with van der Waals surface area (Å²) in [5.74, 6) is 0.900. The first-order valence-electron chi connectivity index (χ1n) is 12.0. The summed E-state index contributed by atoms with van der Waals surface area (Å²) in [6.07, 6.45) is 22.2. The van der Waals surface area contributed by atoms with Gasteiger partial charge < -0.3 is 0 Å². The van der Waals surface area contributed by atoms with Crippen LogP contribution in [-0.4, -0.2) is 10.3 Å². The Morgan fingerprint density at radius 3 is 1.08 bits per heavy atom. The Labute approximate surface area is 172 Å². The summed E-state index contributed by atoms with van der Waals surface area (Å²) in [4.78, 5) is 0. The van der Waals surface area contributed by atoms with Crippen molar-refractivity contribution in [1.29, 1.82) is 0 Å². The second kappa shape index (κ2) is 15.7. The lowest BCUT2D eigenvalue weighted by atomic mass is 9.77. The van der Waals surface area contributed by atoms with Crippen molar-refractivity contribution in [3.63, 3.8) is 0 Å². The molecule has 0 aromatic rings. The van der Waals surface area contributed by atoms with Gasteiger partial charge in [0, 0.05) is 0 Å². The Balaban J connectivity index is 5.10. The Morgan fingerprint density at radius 2 is 0.846 bits per heavy atom. The summed E-state index contributed by atoms with van der Waals surface area (Å²) in [6.45, 7) is 11.8. The van der Waals surface area contributed by atoms with E-state index >= 15 is 0 Å². The van der Waals surface area contributed by atoms with Crippen LogP contribution in [0.15, 0.2) is 0 Å². The van der Waals surface area contributed by atoms with Crippen LogP contribution in [0.25, 0.3) is 0 Å². The van der Waals surface area contributed by atoms with E-state index in [2.05, 4.69) is 53.1 Å². The van der Waals surface area contributed by atoms with Gasteiger partial charge in [-0.05, 0) is 54.8 Å². The smallest absolute Gasteiger partial charge is 0.0147 e. The van der Waals surface area contributed by atoms with Crippen molar-refractivity contribution in [3.05, 3.63) is 0 Å². The van der Waals surface area contributed by atoms with E-state index in [0.717, 1.165) is 5.92 Å². The Kier molecular flexibility index (Phi) is 16.3. The summed E-state index contributed by atoms with van der Waals surface area (Å²) in [6, 6.07) is 0. The second-order valence-corrected chi connectivity index (χ2v) is 11.7. The minimum atomic E-state index is 0.493. The molecular formula is C24H52P2. The van der Waals surface area contributed by atoms with Crippen molar-refractivity contribution < 1.29 is 0 Å². The molecule has 2 atom stereocenters. The molecule has 0 N–H and O–H groups in total. The van der Waals surface area contributed by atoms with Crippen molar-refractivity contribution in [2.45, 2.75) is 148 Å². The molecule has 0 aliphatic heterocycles. The van der Waals surface area contributed by atoms with Crippen LogP contribution in [-0.2, 0) is 0 Å². The number of rotatable bonds is 18. The van der Waals surface area contributed by atoms with Crippen LogP contribution in [0.5, 0.6) is 0 Å². The second-order valence-electron chi connectivity index (χ2n) is 9.20. The summed E-state index contributed by atoms with van der Waals surface area (Å²) >= 11 is 0. The van der Waals surface area contributed by atoms with Gasteiger partial charge in [-0.15, -0.1) is 18.5 Å². The van der Waals surface area contributed by atoms with Gasteiger partial charge in [-0.1, -0.05) is 98.8 Å². The highest BCUT2D eigenvalue weighted by Crippen LogP contribution is 2.44. The molecule has 0 aromatic carbocycles. The van der Waals surface area contributed by atoms with E-state index < -0.39 is 0 Å². The lowest BCUT2D eigenvalue weighted by Gasteiger charge is -2.39. The first-order chi connectivity index (χ1) is 12.4. The summed E-state index contributed by atoms with van der Waals surface area (Å²) < 4.78 is 0. The first kappa shape index (κ1) is 26.9. The van der Waals surface area contributed by atoms with Gasteiger partial charge in [0.15, 0.2) is 0 Å². The lowest BCUT2D eigenvalue weighted by Crippen LogP contribution is -2.30. The lowest BCUT2D eigenvalue weighted by molar-refractivity contribution is 0.280. The van der Waals surface area contributed by atoms with Gasteiger partial charge in [0.2, 0.25) is 0 Å². The highest BCUT2D eigenvalue weighted by Gasteiger charge is 2.32. The molecule has 0 saturated carbocycles. The van der Waals surface area contributed by atoms with Crippen molar-refractivity contribution in [1.82, 2.24) is 0 Å². The molecule has 0 nitrogen and oxygen atoms in total. The maximum Gasteiger partial charge on any atom is -0.0147 e. The Bertz CT molecular complexity index is 269. The van der Waals surface area contributed by atoms with Crippen molar-refractivity contribution >= 4 is 18.5 Å². The third-order valence-electron chi connectivity index (χ3n) is 6.20. The van der Waals surface area contributed by atoms with Crippen molar-refractivity contribution in [3.8, 4) is 0 Å².